The highest BCUT2D eigenvalue weighted by Crippen LogP contribution is 2.39. The summed E-state index contributed by atoms with van der Waals surface area (Å²) >= 11 is 0. The Kier molecular flexibility index (Phi) is 7.26. The molecule has 6 atom stereocenters. The highest BCUT2D eigenvalue weighted by atomic mass is 33.1. The molecule has 7 nitrogen and oxygen atoms in total. The summed E-state index contributed by atoms with van der Waals surface area (Å²) in [5.41, 5.74) is 0. The predicted octanol–water partition coefficient (Wildman–Crippen LogP) is -0.426. The number of hydrogen-bond donors (Lipinski definition) is 5. The van der Waals surface area contributed by atoms with Gasteiger partial charge in [0.05, 0.1) is 0 Å². The van der Waals surface area contributed by atoms with Crippen LogP contribution in [0.3, 0.4) is 0 Å². The van der Waals surface area contributed by atoms with E-state index in [1.165, 1.54) is 12.2 Å². The van der Waals surface area contributed by atoms with Gasteiger partial charge in [0.2, 0.25) is 5.91 Å². The van der Waals surface area contributed by atoms with Gasteiger partial charge in [-0.3, -0.25) is 4.79 Å². The third kappa shape index (κ3) is 4.98. The van der Waals surface area contributed by atoms with Gasteiger partial charge in [-0.15, -0.1) is 0 Å². The second-order valence-electron chi connectivity index (χ2n) is 5.56. The Hall–Kier alpha value is -0.0300. The van der Waals surface area contributed by atoms with Crippen LogP contribution in [0.4, 0.5) is 0 Å². The zero-order chi connectivity index (χ0) is 16.1. The molecule has 2 rings (SSSR count). The Labute approximate surface area is 137 Å². The second-order valence-corrected chi connectivity index (χ2v) is 8.35. The molecule has 0 bridgehead atoms. The number of amides is 1. The molecular weight excluding hydrogens is 330 g/mol. The smallest absolute Gasteiger partial charge is 0.222 e. The number of aliphatic hydroxyl groups is 4. The summed E-state index contributed by atoms with van der Waals surface area (Å²) in [4.78, 5) is 11.8. The van der Waals surface area contributed by atoms with E-state index in [2.05, 4.69) is 5.32 Å². The fourth-order valence-electron chi connectivity index (χ4n) is 2.43. The molecule has 0 spiro atoms. The van der Waals surface area contributed by atoms with Crippen molar-refractivity contribution in [2.45, 2.75) is 68.2 Å². The standard InChI is InChI=1S/C13H23NO6S2/c15-8(4-2-1-3-7-5-6-21-22-7)14-12-10(17)9(16)11(18)13(19)20-12/h7,9-13,16-19H,1-6H2,(H,14,15). The van der Waals surface area contributed by atoms with Crippen molar-refractivity contribution in [3.8, 4) is 0 Å². The largest absolute Gasteiger partial charge is 0.387 e. The second kappa shape index (κ2) is 8.72. The maximum absolute atomic E-state index is 11.8. The molecule has 2 aliphatic rings. The molecule has 0 aromatic carbocycles. The molecule has 5 N–H and O–H groups in total. The van der Waals surface area contributed by atoms with E-state index in [0.29, 0.717) is 11.7 Å². The van der Waals surface area contributed by atoms with Gasteiger partial charge in [-0.2, -0.15) is 0 Å². The van der Waals surface area contributed by atoms with Crippen LogP contribution in [0, 0.1) is 0 Å². The van der Waals surface area contributed by atoms with Crippen molar-refractivity contribution in [1.29, 1.82) is 0 Å². The molecule has 1 amide bonds. The maximum Gasteiger partial charge on any atom is 0.222 e. The van der Waals surface area contributed by atoms with Crippen LogP contribution >= 0.6 is 21.6 Å². The Morgan fingerprint density at radius 1 is 1.14 bits per heavy atom. The average molecular weight is 353 g/mol. The van der Waals surface area contributed by atoms with Crippen LogP contribution in [-0.4, -0.2) is 68.2 Å². The summed E-state index contributed by atoms with van der Waals surface area (Å²) in [6.07, 6.45) is -3.17. The Bertz CT molecular complexity index is 368. The van der Waals surface area contributed by atoms with Crippen molar-refractivity contribution >= 4 is 27.5 Å². The van der Waals surface area contributed by atoms with Crippen molar-refractivity contribution in [3.63, 3.8) is 0 Å². The summed E-state index contributed by atoms with van der Waals surface area (Å²) in [5, 5.41) is 41.1. The van der Waals surface area contributed by atoms with E-state index >= 15 is 0 Å². The van der Waals surface area contributed by atoms with E-state index in [1.54, 1.807) is 0 Å². The molecule has 6 unspecified atom stereocenters. The molecule has 22 heavy (non-hydrogen) atoms. The van der Waals surface area contributed by atoms with Gasteiger partial charge in [-0.25, -0.2) is 0 Å². The quantitative estimate of drug-likeness (QED) is 0.322. The number of unbranched alkanes of at least 4 members (excludes halogenated alkanes) is 1. The first-order valence-corrected chi connectivity index (χ1v) is 9.82. The van der Waals surface area contributed by atoms with Crippen molar-refractivity contribution in [3.05, 3.63) is 0 Å². The minimum Gasteiger partial charge on any atom is -0.387 e. The Morgan fingerprint density at radius 3 is 2.59 bits per heavy atom. The minimum absolute atomic E-state index is 0.297. The lowest BCUT2D eigenvalue weighted by Gasteiger charge is -2.38. The molecule has 128 valence electrons. The van der Waals surface area contributed by atoms with Gasteiger partial charge in [0.15, 0.2) is 12.5 Å². The highest BCUT2D eigenvalue weighted by Gasteiger charge is 2.43. The van der Waals surface area contributed by atoms with E-state index < -0.39 is 30.8 Å². The SMILES string of the molecule is O=C(CCCCC1CCSS1)NC1OC(O)C(O)C(O)C1O. The van der Waals surface area contributed by atoms with Gasteiger partial charge in [0.25, 0.3) is 0 Å². The van der Waals surface area contributed by atoms with E-state index in [4.69, 9.17) is 4.74 Å². The third-order valence-electron chi connectivity index (χ3n) is 3.80. The van der Waals surface area contributed by atoms with Crippen LogP contribution in [0.1, 0.15) is 32.1 Å². The summed E-state index contributed by atoms with van der Waals surface area (Å²) in [7, 11) is 3.81. The summed E-state index contributed by atoms with van der Waals surface area (Å²) in [6.45, 7) is 0. The molecule has 2 fully saturated rings. The van der Waals surface area contributed by atoms with Gasteiger partial charge in [0.1, 0.15) is 18.3 Å². The maximum atomic E-state index is 11.8. The van der Waals surface area contributed by atoms with Crippen LogP contribution in [0.25, 0.3) is 0 Å². The first-order chi connectivity index (χ1) is 10.5. The molecule has 0 aromatic heterocycles. The summed E-state index contributed by atoms with van der Waals surface area (Å²) in [6, 6.07) is 0. The monoisotopic (exact) mass is 353 g/mol. The summed E-state index contributed by atoms with van der Waals surface area (Å²) < 4.78 is 4.90. The minimum atomic E-state index is -1.64. The molecule has 0 radical (unpaired) electrons. The number of carbonyl (C=O) groups is 1. The number of ether oxygens (including phenoxy) is 1. The lowest BCUT2D eigenvalue weighted by atomic mass is 10.0. The number of aliphatic hydroxyl groups excluding tert-OH is 4. The first kappa shape index (κ1) is 18.3. The molecule has 2 saturated heterocycles. The molecular formula is C13H23NO6S2. The first-order valence-electron chi connectivity index (χ1n) is 7.44. The van der Waals surface area contributed by atoms with Gasteiger partial charge < -0.3 is 30.5 Å². The summed E-state index contributed by atoms with van der Waals surface area (Å²) in [5.74, 6) is 0.886. The number of rotatable bonds is 6. The van der Waals surface area contributed by atoms with Crippen molar-refractivity contribution in [2.75, 3.05) is 5.75 Å². The van der Waals surface area contributed by atoms with Gasteiger partial charge in [-0.05, 0) is 19.3 Å². The molecule has 0 aromatic rings. The van der Waals surface area contributed by atoms with E-state index in [-0.39, 0.29) is 5.91 Å². The normalized spacial score (nSPS) is 38.9. The van der Waals surface area contributed by atoms with Crippen molar-refractivity contribution in [2.24, 2.45) is 0 Å². The zero-order valence-corrected chi connectivity index (χ0v) is 13.8. The van der Waals surface area contributed by atoms with Crippen LogP contribution < -0.4 is 5.32 Å². The van der Waals surface area contributed by atoms with Gasteiger partial charge >= 0.3 is 0 Å². The number of hydrogen-bond acceptors (Lipinski definition) is 8. The van der Waals surface area contributed by atoms with Crippen LogP contribution in [-0.2, 0) is 9.53 Å². The predicted molar refractivity (Wildman–Crippen MR) is 84.0 cm³/mol. The zero-order valence-electron chi connectivity index (χ0n) is 12.1. The fraction of sp³-hybridized carbons (Fsp3) is 0.923. The molecule has 0 aliphatic carbocycles. The molecule has 9 heteroatoms. The fourth-order valence-corrected chi connectivity index (χ4v) is 5.46. The average Bonchev–Trinajstić information content (AvgIpc) is 3.00. The van der Waals surface area contributed by atoms with Crippen molar-refractivity contribution < 1.29 is 30.0 Å². The Morgan fingerprint density at radius 2 is 1.91 bits per heavy atom. The molecule has 2 aliphatic heterocycles. The van der Waals surface area contributed by atoms with Crippen molar-refractivity contribution in [1.82, 2.24) is 5.32 Å². The van der Waals surface area contributed by atoms with E-state index in [1.807, 2.05) is 21.6 Å². The number of carbonyl (C=O) groups excluding carboxylic acids is 1. The van der Waals surface area contributed by atoms with Crippen LogP contribution in [0.2, 0.25) is 0 Å². The number of nitrogens with one attached hydrogen (secondary N) is 1. The van der Waals surface area contributed by atoms with Gasteiger partial charge in [0, 0.05) is 17.4 Å². The van der Waals surface area contributed by atoms with Crippen LogP contribution in [0.15, 0.2) is 0 Å². The van der Waals surface area contributed by atoms with E-state index in [9.17, 15) is 25.2 Å². The lowest BCUT2D eigenvalue weighted by Crippen LogP contribution is -2.62. The molecule has 2 heterocycles. The highest BCUT2D eigenvalue weighted by molar-refractivity contribution is 8.77. The topological polar surface area (TPSA) is 119 Å². The lowest BCUT2D eigenvalue weighted by molar-refractivity contribution is -0.286. The molecule has 0 saturated carbocycles. The third-order valence-corrected chi connectivity index (χ3v) is 6.81. The van der Waals surface area contributed by atoms with Crippen LogP contribution in [0.5, 0.6) is 0 Å². The van der Waals surface area contributed by atoms with E-state index in [0.717, 1.165) is 19.3 Å². The Balaban J connectivity index is 1.65. The van der Waals surface area contributed by atoms with Gasteiger partial charge in [-0.1, -0.05) is 28.0 Å².